The normalized spacial score (nSPS) is 17.9. The fourth-order valence-electron chi connectivity index (χ4n) is 3.63. The number of benzene rings is 1. The maximum Gasteiger partial charge on any atom is 0.387 e. The van der Waals surface area contributed by atoms with Gasteiger partial charge in [-0.15, -0.1) is 0 Å². The van der Waals surface area contributed by atoms with Crippen LogP contribution < -0.4 is 15.8 Å². The molecular weight excluding hydrogens is 524 g/mol. The molecule has 1 aliphatic heterocycles. The number of carbonyl (C=O) groups is 1. The van der Waals surface area contributed by atoms with E-state index in [-0.39, 0.29) is 17.7 Å². The van der Waals surface area contributed by atoms with Crippen molar-refractivity contribution in [3.63, 3.8) is 0 Å². The molecule has 2 atom stereocenters. The van der Waals surface area contributed by atoms with Gasteiger partial charge in [-0.25, -0.2) is 27.5 Å². The van der Waals surface area contributed by atoms with Gasteiger partial charge in [0.2, 0.25) is 0 Å². The number of halogens is 4. The molecule has 1 fully saturated rings. The molecule has 9 nitrogen and oxygen atoms in total. The average molecular weight is 551 g/mol. The van der Waals surface area contributed by atoms with Gasteiger partial charge >= 0.3 is 6.61 Å². The third-order valence-electron chi connectivity index (χ3n) is 6.09. The lowest BCUT2D eigenvalue weighted by Gasteiger charge is -2.28. The van der Waals surface area contributed by atoms with Gasteiger partial charge in [0.15, 0.2) is 32.4 Å². The van der Waals surface area contributed by atoms with Crippen LogP contribution >= 0.6 is 0 Å². The van der Waals surface area contributed by atoms with E-state index < -0.39 is 62.8 Å². The van der Waals surface area contributed by atoms with E-state index in [2.05, 4.69) is 10.2 Å². The Balaban J connectivity index is 1.78. The number of carbonyl (C=O) groups excluding carboxylic acids is 1. The molecule has 2 aromatic rings. The first-order valence-electron chi connectivity index (χ1n) is 11.2. The summed E-state index contributed by atoms with van der Waals surface area (Å²) in [5, 5.41) is 0. The first kappa shape index (κ1) is 28.6. The summed E-state index contributed by atoms with van der Waals surface area (Å²) in [6.45, 7) is -2.02. The van der Waals surface area contributed by atoms with Gasteiger partial charge in [-0.2, -0.15) is 8.78 Å². The molecule has 3 rings (SSSR count). The smallest absolute Gasteiger partial charge is 0.387 e. The van der Waals surface area contributed by atoms with E-state index in [1.807, 2.05) is 0 Å². The quantitative estimate of drug-likeness (QED) is 0.357. The van der Waals surface area contributed by atoms with Crippen molar-refractivity contribution in [3.8, 4) is 16.9 Å². The number of nitrogens with zero attached hydrogens (tertiary/aromatic N) is 1. The SMILES string of the molecule is C[C@@](CCn1cc(F)c(-c2ccc(OC(F)F)c(F)c2)cc1=O)(C(=O)NOC1CCCCO1)S(C)(=O)=O. The zero-order valence-corrected chi connectivity index (χ0v) is 20.8. The van der Waals surface area contributed by atoms with Crippen molar-refractivity contribution in [2.45, 2.75) is 56.8 Å². The van der Waals surface area contributed by atoms with Crippen molar-refractivity contribution >= 4 is 15.7 Å². The predicted molar refractivity (Wildman–Crippen MR) is 123 cm³/mol. The summed E-state index contributed by atoms with van der Waals surface area (Å²) in [5.41, 5.74) is 0.926. The molecule has 0 bridgehead atoms. The highest BCUT2D eigenvalue weighted by Gasteiger charge is 2.44. The van der Waals surface area contributed by atoms with E-state index in [1.54, 1.807) is 0 Å². The topological polar surface area (TPSA) is 113 Å². The van der Waals surface area contributed by atoms with Crippen molar-refractivity contribution in [1.29, 1.82) is 0 Å². The second kappa shape index (κ2) is 11.6. The molecule has 1 saturated heterocycles. The third kappa shape index (κ3) is 6.87. The van der Waals surface area contributed by atoms with Gasteiger partial charge in [-0.3, -0.25) is 9.59 Å². The number of sulfone groups is 1. The minimum atomic E-state index is -4.03. The number of aryl methyl sites for hydroxylation is 1. The second-order valence-corrected chi connectivity index (χ2v) is 11.1. The maximum absolute atomic E-state index is 14.8. The molecule has 1 aromatic heterocycles. The van der Waals surface area contributed by atoms with Gasteiger partial charge in [0, 0.05) is 43.7 Å². The molecule has 37 heavy (non-hydrogen) atoms. The summed E-state index contributed by atoms with van der Waals surface area (Å²) in [4.78, 5) is 30.6. The highest BCUT2D eigenvalue weighted by atomic mass is 32.2. The van der Waals surface area contributed by atoms with E-state index in [0.29, 0.717) is 13.0 Å². The molecule has 1 aliphatic rings. The summed E-state index contributed by atoms with van der Waals surface area (Å²) in [7, 11) is -4.03. The predicted octanol–water partition coefficient (Wildman–Crippen LogP) is 3.16. The van der Waals surface area contributed by atoms with Crippen molar-refractivity contribution in [3.05, 3.63) is 52.5 Å². The molecule has 2 heterocycles. The van der Waals surface area contributed by atoms with Crippen LogP contribution in [0.2, 0.25) is 0 Å². The first-order valence-corrected chi connectivity index (χ1v) is 13.1. The van der Waals surface area contributed by atoms with Crippen LogP contribution in [0.5, 0.6) is 5.75 Å². The van der Waals surface area contributed by atoms with Crippen LogP contribution in [-0.2, 0) is 30.8 Å². The Labute approximate surface area is 210 Å². The molecule has 1 aromatic carbocycles. The molecule has 0 spiro atoms. The standard InChI is InChI=1S/C23H26F4N2O7S/c1-23(37(2,32)33,21(31)28-36-20-5-3-4-10-34-20)8-9-29-13-17(25)15(12-19(29)30)14-6-7-18(16(24)11-14)35-22(26)27/h6-7,11-13,20,22H,3-5,8-10H2,1-2H3,(H,28,31)/t20?,23-/m1/s1. The molecule has 0 saturated carbocycles. The Morgan fingerprint density at radius 1 is 1.24 bits per heavy atom. The lowest BCUT2D eigenvalue weighted by molar-refractivity contribution is -0.201. The number of ether oxygens (including phenoxy) is 2. The fraction of sp³-hybridized carbons (Fsp3) is 0.478. The number of alkyl halides is 2. The van der Waals surface area contributed by atoms with E-state index >= 15 is 0 Å². The molecule has 1 N–H and O–H groups in total. The van der Waals surface area contributed by atoms with Gasteiger partial charge in [-0.1, -0.05) is 6.07 Å². The Morgan fingerprint density at radius 2 is 1.97 bits per heavy atom. The lowest BCUT2D eigenvalue weighted by atomic mass is 10.0. The fourth-order valence-corrected chi connectivity index (χ4v) is 4.47. The molecule has 1 amide bonds. The number of hydrogen-bond donors (Lipinski definition) is 1. The van der Waals surface area contributed by atoms with Crippen LogP contribution in [0.25, 0.3) is 11.1 Å². The van der Waals surface area contributed by atoms with Gasteiger partial charge in [0.25, 0.3) is 11.5 Å². The average Bonchev–Trinajstić information content (AvgIpc) is 2.83. The lowest BCUT2D eigenvalue weighted by Crippen LogP contribution is -2.51. The Hall–Kier alpha value is -2.97. The number of hydroxylamine groups is 1. The number of hydrogen-bond acceptors (Lipinski definition) is 7. The van der Waals surface area contributed by atoms with E-state index in [1.165, 1.54) is 0 Å². The summed E-state index contributed by atoms with van der Waals surface area (Å²) in [6.07, 6.45) is 2.69. The summed E-state index contributed by atoms with van der Waals surface area (Å²) < 4.78 is 86.7. The molecule has 0 aliphatic carbocycles. The van der Waals surface area contributed by atoms with Crippen LogP contribution in [0.4, 0.5) is 17.6 Å². The van der Waals surface area contributed by atoms with E-state index in [4.69, 9.17) is 9.57 Å². The van der Waals surface area contributed by atoms with Crippen LogP contribution in [0, 0.1) is 11.6 Å². The monoisotopic (exact) mass is 550 g/mol. The molecule has 0 radical (unpaired) electrons. The second-order valence-electron chi connectivity index (χ2n) is 8.69. The van der Waals surface area contributed by atoms with Gasteiger partial charge in [-0.05, 0) is 43.9 Å². The summed E-state index contributed by atoms with van der Waals surface area (Å²) >= 11 is 0. The maximum atomic E-state index is 14.8. The molecular formula is C23H26F4N2O7S. The Morgan fingerprint density at radius 3 is 2.57 bits per heavy atom. The largest absolute Gasteiger partial charge is 0.432 e. The number of pyridine rings is 1. The molecule has 204 valence electrons. The van der Waals surface area contributed by atoms with Crippen molar-refractivity contribution in [1.82, 2.24) is 10.0 Å². The van der Waals surface area contributed by atoms with Gasteiger partial charge in [0.05, 0.1) is 0 Å². The minimum Gasteiger partial charge on any atom is -0.432 e. The zero-order valence-electron chi connectivity index (χ0n) is 20.0. The first-order chi connectivity index (χ1) is 17.3. The third-order valence-corrected chi connectivity index (χ3v) is 8.11. The van der Waals surface area contributed by atoms with Crippen molar-refractivity contribution in [2.75, 3.05) is 12.9 Å². The highest BCUT2D eigenvalue weighted by molar-refractivity contribution is 7.92. The van der Waals surface area contributed by atoms with E-state index in [0.717, 1.165) is 61.1 Å². The van der Waals surface area contributed by atoms with Crippen molar-refractivity contribution < 1.29 is 45.1 Å². The van der Waals surface area contributed by atoms with Crippen LogP contribution in [0.3, 0.4) is 0 Å². The summed E-state index contributed by atoms with van der Waals surface area (Å²) in [5.74, 6) is -3.87. The number of nitrogens with one attached hydrogen (secondary N) is 1. The Bertz CT molecular complexity index is 1300. The highest BCUT2D eigenvalue weighted by Crippen LogP contribution is 2.28. The minimum absolute atomic E-state index is 0.108. The van der Waals surface area contributed by atoms with Crippen LogP contribution in [0.1, 0.15) is 32.6 Å². The number of aromatic nitrogens is 1. The molecule has 1 unspecified atom stereocenters. The Kier molecular flexibility index (Phi) is 8.97. The van der Waals surface area contributed by atoms with Crippen LogP contribution in [0.15, 0.2) is 35.3 Å². The van der Waals surface area contributed by atoms with Gasteiger partial charge in [0.1, 0.15) is 5.82 Å². The molecule has 14 heteroatoms. The van der Waals surface area contributed by atoms with Crippen LogP contribution in [-0.4, -0.2) is 49.4 Å². The number of rotatable bonds is 10. The summed E-state index contributed by atoms with van der Waals surface area (Å²) in [6, 6.07) is 3.56. The number of amides is 1. The van der Waals surface area contributed by atoms with E-state index in [9.17, 15) is 35.6 Å². The zero-order chi connectivity index (χ0) is 27.4. The van der Waals surface area contributed by atoms with Crippen molar-refractivity contribution in [2.24, 2.45) is 0 Å². The van der Waals surface area contributed by atoms with Gasteiger partial charge < -0.3 is 14.0 Å².